The largest absolute Gasteiger partial charge is 0.462 e. The number of hydrogen-bond donors (Lipinski definition) is 1. The van der Waals surface area contributed by atoms with E-state index in [9.17, 15) is 32.4 Å². The Labute approximate surface area is 299 Å². The third kappa shape index (κ3) is 11.0. The van der Waals surface area contributed by atoms with Crippen molar-refractivity contribution in [2.45, 2.75) is 44.5 Å². The van der Waals surface area contributed by atoms with Crippen molar-refractivity contribution in [1.29, 1.82) is 0 Å². The first kappa shape index (κ1) is 39.2. The number of carbonyl (C=O) groups is 5. The van der Waals surface area contributed by atoms with Gasteiger partial charge in [-0.05, 0) is 50.2 Å². The SMILES string of the molecule is CCOC(=O)C(=CN[C@@H]1O[C@H](COC(=O)c2ccccc2)[C@@H](OS(C)(=O)=O)[C@H](OC(=O)c2ccccc2)[C@H]1OC(=O)c1ccccc1)C(=O)OCC. The van der Waals surface area contributed by atoms with Crippen LogP contribution in [0.4, 0.5) is 0 Å². The molecule has 15 nitrogen and oxygen atoms in total. The summed E-state index contributed by atoms with van der Waals surface area (Å²) in [4.78, 5) is 65.5. The van der Waals surface area contributed by atoms with E-state index in [1.807, 2.05) is 0 Å². The van der Waals surface area contributed by atoms with Crippen molar-refractivity contribution in [3.63, 3.8) is 0 Å². The van der Waals surface area contributed by atoms with Gasteiger partial charge in [-0.15, -0.1) is 0 Å². The number of rotatable bonds is 15. The summed E-state index contributed by atoms with van der Waals surface area (Å²) >= 11 is 0. The van der Waals surface area contributed by atoms with Crippen molar-refractivity contribution in [2.75, 3.05) is 26.1 Å². The monoisotopic (exact) mass is 739 g/mol. The molecule has 0 amide bonds. The van der Waals surface area contributed by atoms with Crippen LogP contribution in [0, 0.1) is 0 Å². The molecular formula is C36H37NO14S. The smallest absolute Gasteiger partial charge is 0.347 e. The topological polar surface area (TPSA) is 196 Å². The maximum absolute atomic E-state index is 13.5. The molecule has 1 saturated heterocycles. The Morgan fingerprint density at radius 1 is 0.654 bits per heavy atom. The van der Waals surface area contributed by atoms with Gasteiger partial charge in [-0.1, -0.05) is 54.6 Å². The van der Waals surface area contributed by atoms with E-state index >= 15 is 0 Å². The lowest BCUT2D eigenvalue weighted by molar-refractivity contribution is -0.226. The Balaban J connectivity index is 1.83. The number of nitrogens with one attached hydrogen (secondary N) is 1. The standard InChI is InChI=1S/C36H37NO14S/c1-4-45-35(41)26(36(42)46-5-2)21-37-31-30(50-34(40)25-19-13-8-14-20-25)29(49-33(39)24-17-11-7-12-18-24)28(51-52(3,43)44)27(48-31)22-47-32(38)23-15-9-6-10-16-23/h6-21,27-31,37H,4-5,22H2,1-3H3/t27-,28-,29+,30-,31-/m1/s1. The number of esters is 5. The van der Waals surface area contributed by atoms with E-state index in [2.05, 4.69) is 5.32 Å². The summed E-state index contributed by atoms with van der Waals surface area (Å²) < 4.78 is 64.0. The molecule has 0 bridgehead atoms. The molecule has 1 N–H and O–H groups in total. The zero-order valence-electron chi connectivity index (χ0n) is 28.4. The Morgan fingerprint density at radius 3 is 1.54 bits per heavy atom. The third-order valence-corrected chi connectivity index (χ3v) is 7.77. The highest BCUT2D eigenvalue weighted by atomic mass is 32.2. The zero-order chi connectivity index (χ0) is 37.7. The first-order valence-corrected chi connectivity index (χ1v) is 17.8. The fourth-order valence-corrected chi connectivity index (χ4v) is 5.53. The van der Waals surface area contributed by atoms with Gasteiger partial charge < -0.3 is 33.7 Å². The van der Waals surface area contributed by atoms with E-state index in [0.29, 0.717) is 0 Å². The Hall–Kier alpha value is -5.58. The van der Waals surface area contributed by atoms with Crippen LogP contribution in [0.2, 0.25) is 0 Å². The molecule has 0 radical (unpaired) electrons. The second-order valence-electron chi connectivity index (χ2n) is 11.0. The second kappa shape index (κ2) is 18.6. The van der Waals surface area contributed by atoms with Gasteiger partial charge >= 0.3 is 29.8 Å². The lowest BCUT2D eigenvalue weighted by Crippen LogP contribution is -2.65. The van der Waals surface area contributed by atoms with Crippen LogP contribution in [-0.4, -0.2) is 95.0 Å². The maximum atomic E-state index is 13.5. The summed E-state index contributed by atoms with van der Waals surface area (Å²) in [5.74, 6) is -4.87. The van der Waals surface area contributed by atoms with E-state index in [1.54, 1.807) is 54.6 Å². The molecule has 1 aliphatic rings. The molecular weight excluding hydrogens is 702 g/mol. The number of carbonyl (C=O) groups excluding carboxylic acids is 5. The Morgan fingerprint density at radius 2 is 1.10 bits per heavy atom. The molecule has 0 saturated carbocycles. The van der Waals surface area contributed by atoms with Gasteiger partial charge in [0.1, 0.15) is 18.8 Å². The van der Waals surface area contributed by atoms with Crippen LogP contribution >= 0.6 is 0 Å². The van der Waals surface area contributed by atoms with Crippen molar-refractivity contribution < 1.29 is 65.0 Å². The van der Waals surface area contributed by atoms with E-state index in [1.165, 1.54) is 50.2 Å². The minimum atomic E-state index is -4.37. The van der Waals surface area contributed by atoms with Crippen LogP contribution in [0.25, 0.3) is 0 Å². The quantitative estimate of drug-likeness (QED) is 0.0596. The van der Waals surface area contributed by atoms with Gasteiger partial charge in [0.15, 0.2) is 24.0 Å². The van der Waals surface area contributed by atoms with Crippen molar-refractivity contribution in [3.05, 3.63) is 119 Å². The van der Waals surface area contributed by atoms with Crippen LogP contribution in [-0.2, 0) is 52.3 Å². The molecule has 0 aliphatic carbocycles. The van der Waals surface area contributed by atoms with Crippen LogP contribution in [0.15, 0.2) is 103 Å². The average molecular weight is 740 g/mol. The molecule has 5 atom stereocenters. The highest BCUT2D eigenvalue weighted by Crippen LogP contribution is 2.30. The van der Waals surface area contributed by atoms with Crippen molar-refractivity contribution in [3.8, 4) is 0 Å². The molecule has 52 heavy (non-hydrogen) atoms. The summed E-state index contributed by atoms with van der Waals surface area (Å²) in [6.45, 7) is 2.18. The Bertz CT molecular complexity index is 1810. The van der Waals surface area contributed by atoms with E-state index in [0.717, 1.165) is 12.5 Å². The predicted octanol–water partition coefficient (Wildman–Crippen LogP) is 2.96. The lowest BCUT2D eigenvalue weighted by Gasteiger charge is -2.44. The molecule has 0 spiro atoms. The normalized spacial score (nSPS) is 19.6. The van der Waals surface area contributed by atoms with Gasteiger partial charge in [0.25, 0.3) is 10.1 Å². The van der Waals surface area contributed by atoms with Gasteiger partial charge in [0.05, 0.1) is 36.2 Å². The lowest BCUT2D eigenvalue weighted by atomic mass is 9.97. The van der Waals surface area contributed by atoms with Gasteiger partial charge in [0.2, 0.25) is 0 Å². The molecule has 276 valence electrons. The number of ether oxygens (including phenoxy) is 6. The van der Waals surface area contributed by atoms with Crippen LogP contribution in [0.3, 0.4) is 0 Å². The molecule has 3 aromatic carbocycles. The summed E-state index contributed by atoms with van der Waals surface area (Å²) in [5.41, 5.74) is -0.349. The summed E-state index contributed by atoms with van der Waals surface area (Å²) in [7, 11) is -4.37. The zero-order valence-corrected chi connectivity index (χ0v) is 29.2. The minimum Gasteiger partial charge on any atom is -0.462 e. The van der Waals surface area contributed by atoms with Gasteiger partial charge in [-0.25, -0.2) is 24.0 Å². The van der Waals surface area contributed by atoms with Crippen molar-refractivity contribution in [2.24, 2.45) is 0 Å². The summed E-state index contributed by atoms with van der Waals surface area (Å²) in [6, 6.07) is 23.2. The molecule has 4 rings (SSSR count). The highest BCUT2D eigenvalue weighted by Gasteiger charge is 2.53. The molecule has 0 aromatic heterocycles. The van der Waals surface area contributed by atoms with E-state index in [4.69, 9.17) is 32.6 Å². The van der Waals surface area contributed by atoms with E-state index in [-0.39, 0.29) is 29.9 Å². The highest BCUT2D eigenvalue weighted by molar-refractivity contribution is 7.86. The fourth-order valence-electron chi connectivity index (χ4n) is 4.90. The van der Waals surface area contributed by atoms with Crippen LogP contribution in [0.5, 0.6) is 0 Å². The van der Waals surface area contributed by atoms with Gasteiger partial charge in [0, 0.05) is 6.20 Å². The summed E-state index contributed by atoms with van der Waals surface area (Å²) in [5, 5.41) is 2.68. The first-order chi connectivity index (χ1) is 24.9. The molecule has 16 heteroatoms. The first-order valence-electron chi connectivity index (χ1n) is 16.0. The van der Waals surface area contributed by atoms with Crippen LogP contribution in [0.1, 0.15) is 44.9 Å². The Kier molecular flexibility index (Phi) is 14.0. The predicted molar refractivity (Wildman–Crippen MR) is 181 cm³/mol. The molecule has 0 unspecified atom stereocenters. The summed E-state index contributed by atoms with van der Waals surface area (Å²) in [6.07, 6.45) is -6.85. The molecule has 1 heterocycles. The average Bonchev–Trinajstić information content (AvgIpc) is 3.13. The van der Waals surface area contributed by atoms with Gasteiger partial charge in [-0.2, -0.15) is 8.42 Å². The van der Waals surface area contributed by atoms with Gasteiger partial charge in [-0.3, -0.25) is 4.18 Å². The van der Waals surface area contributed by atoms with Crippen molar-refractivity contribution >= 4 is 40.0 Å². The second-order valence-corrected chi connectivity index (χ2v) is 12.6. The number of benzene rings is 3. The number of hydrogen-bond acceptors (Lipinski definition) is 15. The fraction of sp³-hybridized carbons (Fsp3) is 0.306. The maximum Gasteiger partial charge on any atom is 0.347 e. The third-order valence-electron chi connectivity index (χ3n) is 7.20. The molecule has 1 aliphatic heterocycles. The molecule has 1 fully saturated rings. The van der Waals surface area contributed by atoms with Crippen molar-refractivity contribution in [1.82, 2.24) is 5.32 Å². The minimum absolute atomic E-state index is 0.0450. The molecule has 3 aromatic rings. The van der Waals surface area contributed by atoms with Crippen LogP contribution < -0.4 is 5.32 Å². The van der Waals surface area contributed by atoms with E-state index < -0.39 is 82.8 Å².